The summed E-state index contributed by atoms with van der Waals surface area (Å²) in [7, 11) is 3.98. The van der Waals surface area contributed by atoms with E-state index >= 15 is 0 Å². The Hall–Kier alpha value is -1.26. The van der Waals surface area contributed by atoms with E-state index in [2.05, 4.69) is 0 Å². The third-order valence-electron chi connectivity index (χ3n) is 3.26. The van der Waals surface area contributed by atoms with Crippen molar-refractivity contribution in [3.8, 4) is 5.75 Å². The molecular weight excluding hydrogens is 230 g/mol. The van der Waals surface area contributed by atoms with Crippen LogP contribution >= 0.6 is 0 Å². The zero-order chi connectivity index (χ0) is 13.0. The average molecular weight is 251 g/mol. The number of benzene rings is 1. The first-order valence-electron chi connectivity index (χ1n) is 6.33. The largest absolute Gasteiger partial charge is 0.491 e. The van der Waals surface area contributed by atoms with Crippen LogP contribution in [0.25, 0.3) is 0 Å². The topological polar surface area (TPSA) is 41.9 Å². The van der Waals surface area contributed by atoms with Crippen LogP contribution in [0.15, 0.2) is 24.3 Å². The summed E-state index contributed by atoms with van der Waals surface area (Å²) in [4.78, 5) is 2.02. The zero-order valence-corrected chi connectivity index (χ0v) is 11.0. The van der Waals surface area contributed by atoms with Gasteiger partial charge in [-0.2, -0.15) is 0 Å². The lowest BCUT2D eigenvalue weighted by Gasteiger charge is -2.18. The highest BCUT2D eigenvalue weighted by Gasteiger charge is 2.24. The molecule has 1 aliphatic rings. The third kappa shape index (κ3) is 3.37. The van der Waals surface area contributed by atoms with Crippen molar-refractivity contribution >= 4 is 5.69 Å². The van der Waals surface area contributed by atoms with Crippen molar-refractivity contribution in [3.63, 3.8) is 0 Å². The number of nitrogens with zero attached hydrogens (tertiary/aromatic N) is 1. The molecule has 1 aliphatic heterocycles. The van der Waals surface area contributed by atoms with Crippen LogP contribution in [0.1, 0.15) is 6.42 Å². The summed E-state index contributed by atoms with van der Waals surface area (Å²) in [6.07, 6.45) is 0.470. The molecule has 0 spiro atoms. The minimum atomic E-state index is -0.449. The first kappa shape index (κ1) is 13.2. The van der Waals surface area contributed by atoms with Crippen LogP contribution in [0.2, 0.25) is 0 Å². The summed E-state index contributed by atoms with van der Waals surface area (Å²) in [5.74, 6) is 1.00. The van der Waals surface area contributed by atoms with E-state index in [1.807, 2.05) is 43.3 Å². The van der Waals surface area contributed by atoms with E-state index in [0.29, 0.717) is 13.2 Å². The molecule has 1 heterocycles. The lowest BCUT2D eigenvalue weighted by atomic mass is 10.0. The van der Waals surface area contributed by atoms with Gasteiger partial charge in [-0.15, -0.1) is 0 Å². The Labute approximate surface area is 108 Å². The van der Waals surface area contributed by atoms with Gasteiger partial charge in [-0.05, 0) is 18.6 Å². The molecule has 18 heavy (non-hydrogen) atoms. The lowest BCUT2D eigenvalue weighted by molar-refractivity contribution is 0.0499. The maximum atomic E-state index is 9.97. The molecule has 0 saturated carbocycles. The molecule has 0 radical (unpaired) electrons. The molecule has 1 saturated heterocycles. The summed E-state index contributed by atoms with van der Waals surface area (Å²) in [6.45, 7) is 1.71. The minimum Gasteiger partial charge on any atom is -0.491 e. The number of rotatable bonds is 5. The van der Waals surface area contributed by atoms with Gasteiger partial charge in [0, 0.05) is 38.4 Å². The monoisotopic (exact) mass is 251 g/mol. The number of ether oxygens (including phenoxy) is 2. The predicted molar refractivity (Wildman–Crippen MR) is 71.2 cm³/mol. The van der Waals surface area contributed by atoms with Crippen molar-refractivity contribution in [1.82, 2.24) is 0 Å². The van der Waals surface area contributed by atoms with Crippen molar-refractivity contribution in [2.24, 2.45) is 5.92 Å². The SMILES string of the molecule is CN(C)c1cccc(OCC(O)C2CCOC2)c1. The van der Waals surface area contributed by atoms with Gasteiger partial charge >= 0.3 is 0 Å². The minimum absolute atomic E-state index is 0.210. The van der Waals surface area contributed by atoms with Crippen LogP contribution in [0, 0.1) is 5.92 Å². The Morgan fingerprint density at radius 3 is 3.00 bits per heavy atom. The number of hydrogen-bond donors (Lipinski definition) is 1. The van der Waals surface area contributed by atoms with Gasteiger partial charge in [-0.3, -0.25) is 0 Å². The van der Waals surface area contributed by atoms with Crippen LogP contribution in [0.4, 0.5) is 5.69 Å². The first-order valence-corrected chi connectivity index (χ1v) is 6.33. The lowest BCUT2D eigenvalue weighted by Crippen LogP contribution is -2.27. The Kier molecular flexibility index (Phi) is 4.44. The Morgan fingerprint density at radius 2 is 2.33 bits per heavy atom. The summed E-state index contributed by atoms with van der Waals surface area (Å²) in [5.41, 5.74) is 1.09. The summed E-state index contributed by atoms with van der Waals surface area (Å²) < 4.78 is 10.9. The van der Waals surface area contributed by atoms with E-state index in [4.69, 9.17) is 9.47 Å². The Balaban J connectivity index is 1.87. The fourth-order valence-electron chi connectivity index (χ4n) is 2.03. The second kappa shape index (κ2) is 6.07. The van der Waals surface area contributed by atoms with Gasteiger partial charge in [0.1, 0.15) is 12.4 Å². The van der Waals surface area contributed by atoms with Crippen LogP contribution in [0.5, 0.6) is 5.75 Å². The van der Waals surface area contributed by atoms with Gasteiger partial charge in [0.05, 0.1) is 12.7 Å². The molecule has 1 N–H and O–H groups in total. The second-order valence-electron chi connectivity index (χ2n) is 4.89. The molecule has 1 aromatic carbocycles. The van der Waals surface area contributed by atoms with E-state index in [0.717, 1.165) is 24.5 Å². The molecule has 2 rings (SSSR count). The quantitative estimate of drug-likeness (QED) is 0.861. The number of aliphatic hydroxyl groups is 1. The van der Waals surface area contributed by atoms with Crippen molar-refractivity contribution in [1.29, 1.82) is 0 Å². The molecule has 2 unspecified atom stereocenters. The van der Waals surface area contributed by atoms with E-state index in [1.54, 1.807) is 0 Å². The van der Waals surface area contributed by atoms with Gasteiger partial charge < -0.3 is 19.5 Å². The normalized spacial score (nSPS) is 20.7. The molecule has 100 valence electrons. The van der Waals surface area contributed by atoms with Crippen LogP contribution < -0.4 is 9.64 Å². The average Bonchev–Trinajstić information content (AvgIpc) is 2.90. The standard InChI is InChI=1S/C14H21NO3/c1-15(2)12-4-3-5-13(8-12)18-10-14(16)11-6-7-17-9-11/h3-5,8,11,14,16H,6-7,9-10H2,1-2H3. The molecular formula is C14H21NO3. The van der Waals surface area contributed by atoms with Crippen molar-refractivity contribution in [2.45, 2.75) is 12.5 Å². The van der Waals surface area contributed by atoms with Crippen LogP contribution in [-0.2, 0) is 4.74 Å². The smallest absolute Gasteiger partial charge is 0.121 e. The van der Waals surface area contributed by atoms with E-state index in [-0.39, 0.29) is 5.92 Å². The highest BCUT2D eigenvalue weighted by Crippen LogP contribution is 2.21. The van der Waals surface area contributed by atoms with Crippen molar-refractivity contribution in [2.75, 3.05) is 38.8 Å². The van der Waals surface area contributed by atoms with Gasteiger partial charge in [-0.25, -0.2) is 0 Å². The Morgan fingerprint density at radius 1 is 1.50 bits per heavy atom. The maximum Gasteiger partial charge on any atom is 0.121 e. The van der Waals surface area contributed by atoms with E-state index < -0.39 is 6.10 Å². The van der Waals surface area contributed by atoms with Crippen molar-refractivity contribution < 1.29 is 14.6 Å². The fraction of sp³-hybridized carbons (Fsp3) is 0.571. The van der Waals surface area contributed by atoms with Crippen LogP contribution in [0.3, 0.4) is 0 Å². The fourth-order valence-corrected chi connectivity index (χ4v) is 2.03. The first-order chi connectivity index (χ1) is 8.66. The molecule has 4 heteroatoms. The number of hydrogen-bond acceptors (Lipinski definition) is 4. The predicted octanol–water partition coefficient (Wildman–Crippen LogP) is 1.53. The molecule has 0 aromatic heterocycles. The maximum absolute atomic E-state index is 9.97. The molecule has 0 aliphatic carbocycles. The van der Waals surface area contributed by atoms with Crippen LogP contribution in [-0.4, -0.2) is 45.1 Å². The molecule has 1 fully saturated rings. The molecule has 0 amide bonds. The summed E-state index contributed by atoms with van der Waals surface area (Å²) >= 11 is 0. The van der Waals surface area contributed by atoms with Gasteiger partial charge in [0.15, 0.2) is 0 Å². The van der Waals surface area contributed by atoms with E-state index in [9.17, 15) is 5.11 Å². The van der Waals surface area contributed by atoms with E-state index in [1.165, 1.54) is 0 Å². The van der Waals surface area contributed by atoms with Gasteiger partial charge in [-0.1, -0.05) is 6.07 Å². The molecule has 0 bridgehead atoms. The summed E-state index contributed by atoms with van der Waals surface area (Å²) in [6, 6.07) is 7.85. The highest BCUT2D eigenvalue weighted by atomic mass is 16.5. The van der Waals surface area contributed by atoms with Crippen molar-refractivity contribution in [3.05, 3.63) is 24.3 Å². The second-order valence-corrected chi connectivity index (χ2v) is 4.89. The molecule has 2 atom stereocenters. The zero-order valence-electron chi connectivity index (χ0n) is 11.0. The summed E-state index contributed by atoms with van der Waals surface area (Å²) in [5, 5.41) is 9.97. The molecule has 4 nitrogen and oxygen atoms in total. The molecule has 1 aromatic rings. The number of anilines is 1. The highest BCUT2D eigenvalue weighted by molar-refractivity contribution is 5.49. The Bertz CT molecular complexity index is 375. The number of aliphatic hydroxyl groups excluding tert-OH is 1. The van der Waals surface area contributed by atoms with Gasteiger partial charge in [0.2, 0.25) is 0 Å². The third-order valence-corrected chi connectivity index (χ3v) is 3.26. The van der Waals surface area contributed by atoms with Gasteiger partial charge in [0.25, 0.3) is 0 Å².